The number of carbonyl (C=O) groups is 2. The van der Waals surface area contributed by atoms with Gasteiger partial charge in [-0.2, -0.15) is 0 Å². The molecule has 1 aliphatic rings. The third kappa shape index (κ3) is 5.36. The number of carbonyl (C=O) groups excluding carboxylic acids is 2. The number of rotatable bonds is 7. The average molecular weight is 550 g/mol. The highest BCUT2D eigenvalue weighted by Crippen LogP contribution is 2.39. The van der Waals surface area contributed by atoms with Crippen LogP contribution in [-0.2, 0) is 9.59 Å². The number of hydrogen-bond donors (Lipinski definition) is 0. The van der Waals surface area contributed by atoms with Crippen molar-refractivity contribution in [3.63, 3.8) is 0 Å². The van der Waals surface area contributed by atoms with E-state index < -0.39 is 10.9 Å². The Bertz CT molecular complexity index is 1590. The Kier molecular flexibility index (Phi) is 7.22. The number of nitrogens with zero attached hydrogens (tertiary/aromatic N) is 1. The van der Waals surface area contributed by atoms with Crippen LogP contribution in [0.2, 0.25) is 0 Å². The zero-order valence-electron chi connectivity index (χ0n) is 19.5. The molecule has 0 N–H and O–H groups in total. The third-order valence-electron chi connectivity index (χ3n) is 5.57. The highest BCUT2D eigenvalue weighted by molar-refractivity contribution is 8.26. The number of ether oxygens (including phenoxy) is 2. The first-order valence-electron chi connectivity index (χ1n) is 11.1. The molecule has 1 fully saturated rings. The number of methoxy groups -OCH3 is 1. The van der Waals surface area contributed by atoms with E-state index >= 15 is 0 Å². The Hall–Kier alpha value is -3.73. The standard InChI is InChI=1S/C27H19NO6S3/c1-32-18-9-7-17(8-10-18)23-19(11-12-20-24(23)37-27(31)34-20)33-22(29)13-14-28-25(30)21(36-26(28)35)15-16-5-3-2-4-6-16/h2-12,15H,13-14H2,1H3/b21-15+. The molecule has 37 heavy (non-hydrogen) atoms. The van der Waals surface area contributed by atoms with Crippen molar-refractivity contribution in [3.8, 4) is 22.6 Å². The van der Waals surface area contributed by atoms with Gasteiger partial charge in [0.25, 0.3) is 5.91 Å². The molecule has 3 aromatic carbocycles. The fourth-order valence-electron chi connectivity index (χ4n) is 3.81. The van der Waals surface area contributed by atoms with Crippen molar-refractivity contribution >= 4 is 67.9 Å². The van der Waals surface area contributed by atoms with Gasteiger partial charge < -0.3 is 13.9 Å². The molecule has 186 valence electrons. The number of fused-ring (bicyclic) bond motifs is 1. The van der Waals surface area contributed by atoms with Gasteiger partial charge in [0.05, 0.1) is 23.1 Å². The predicted octanol–water partition coefficient (Wildman–Crippen LogP) is 5.73. The molecule has 1 amide bonds. The summed E-state index contributed by atoms with van der Waals surface area (Å²) in [5.74, 6) is 0.176. The van der Waals surface area contributed by atoms with Crippen LogP contribution in [0.5, 0.6) is 11.5 Å². The lowest BCUT2D eigenvalue weighted by Crippen LogP contribution is -2.31. The second kappa shape index (κ2) is 10.7. The number of hydrogen-bond acceptors (Lipinski definition) is 9. The van der Waals surface area contributed by atoms with Gasteiger partial charge in [-0.25, -0.2) is 4.79 Å². The summed E-state index contributed by atoms with van der Waals surface area (Å²) >= 11 is 7.52. The lowest BCUT2D eigenvalue weighted by atomic mass is 10.0. The van der Waals surface area contributed by atoms with Gasteiger partial charge in [-0.15, -0.1) is 0 Å². The number of benzene rings is 3. The quantitative estimate of drug-likeness (QED) is 0.125. The third-order valence-corrected chi connectivity index (χ3v) is 7.81. The summed E-state index contributed by atoms with van der Waals surface area (Å²) in [6.07, 6.45) is 1.72. The highest BCUT2D eigenvalue weighted by Gasteiger charge is 2.32. The SMILES string of the molecule is COc1ccc(-c2c(OC(=O)CCN3C(=O)/C(=C\c4ccccc4)SC3=S)ccc3oc(=O)sc23)cc1. The summed E-state index contributed by atoms with van der Waals surface area (Å²) in [5.41, 5.74) is 2.60. The first-order chi connectivity index (χ1) is 17.9. The minimum atomic E-state index is -0.536. The molecular formula is C27H19NO6S3. The molecule has 2 heterocycles. The van der Waals surface area contributed by atoms with Crippen LogP contribution in [0.15, 0.2) is 80.8 Å². The number of thioether (sulfide) groups is 1. The molecule has 4 aromatic rings. The van der Waals surface area contributed by atoms with E-state index in [1.54, 1.807) is 37.5 Å². The second-order valence-corrected chi connectivity index (χ2v) is 10.5. The Morgan fingerprint density at radius 3 is 2.54 bits per heavy atom. The normalized spacial score (nSPS) is 14.5. The van der Waals surface area contributed by atoms with Crippen LogP contribution in [-0.4, -0.2) is 34.8 Å². The maximum Gasteiger partial charge on any atom is 0.396 e. The molecule has 0 bridgehead atoms. The zero-order chi connectivity index (χ0) is 25.9. The summed E-state index contributed by atoms with van der Waals surface area (Å²) in [5, 5.41) is 0. The van der Waals surface area contributed by atoms with Crippen LogP contribution in [0.3, 0.4) is 0 Å². The van der Waals surface area contributed by atoms with Gasteiger partial charge in [-0.1, -0.05) is 77.8 Å². The van der Waals surface area contributed by atoms with E-state index in [2.05, 4.69) is 0 Å². The minimum absolute atomic E-state index is 0.0627. The molecule has 1 aromatic heterocycles. The monoisotopic (exact) mass is 549 g/mol. The smallest absolute Gasteiger partial charge is 0.396 e. The predicted molar refractivity (Wildman–Crippen MR) is 149 cm³/mol. The van der Waals surface area contributed by atoms with Crippen molar-refractivity contribution in [2.24, 2.45) is 0 Å². The number of thiocarbonyl (C=S) groups is 1. The maximum atomic E-state index is 12.9. The molecule has 0 atom stereocenters. The van der Waals surface area contributed by atoms with Crippen LogP contribution < -0.4 is 14.4 Å². The topological polar surface area (TPSA) is 86.1 Å². The van der Waals surface area contributed by atoms with E-state index in [1.807, 2.05) is 42.5 Å². The van der Waals surface area contributed by atoms with Crippen molar-refractivity contribution in [1.29, 1.82) is 0 Å². The fraction of sp³-hybridized carbons (Fsp3) is 0.111. The first kappa shape index (κ1) is 24.9. The summed E-state index contributed by atoms with van der Waals surface area (Å²) in [4.78, 5) is 39.1. The van der Waals surface area contributed by atoms with Crippen molar-refractivity contribution in [2.75, 3.05) is 13.7 Å². The van der Waals surface area contributed by atoms with E-state index in [0.29, 0.717) is 30.8 Å². The molecule has 10 heteroatoms. The summed E-state index contributed by atoms with van der Waals surface area (Å²) < 4.78 is 17.2. The second-order valence-electron chi connectivity index (χ2n) is 7.92. The zero-order valence-corrected chi connectivity index (χ0v) is 21.9. The molecule has 0 spiro atoms. The largest absolute Gasteiger partial charge is 0.497 e. The molecule has 7 nitrogen and oxygen atoms in total. The van der Waals surface area contributed by atoms with Gasteiger partial charge >= 0.3 is 10.9 Å². The van der Waals surface area contributed by atoms with Crippen molar-refractivity contribution in [1.82, 2.24) is 4.90 Å². The summed E-state index contributed by atoms with van der Waals surface area (Å²) in [6.45, 7) is 0.0921. The van der Waals surface area contributed by atoms with Crippen LogP contribution in [0.1, 0.15) is 12.0 Å². The Morgan fingerprint density at radius 2 is 1.81 bits per heavy atom. The highest BCUT2D eigenvalue weighted by atomic mass is 32.2. The minimum Gasteiger partial charge on any atom is -0.497 e. The summed E-state index contributed by atoms with van der Waals surface area (Å²) in [6, 6.07) is 19.9. The van der Waals surface area contributed by atoms with Gasteiger partial charge in [0, 0.05) is 12.1 Å². The molecule has 5 rings (SSSR count). The van der Waals surface area contributed by atoms with Crippen molar-refractivity contribution in [2.45, 2.75) is 6.42 Å². The fourth-order valence-corrected chi connectivity index (χ4v) is 5.94. The van der Waals surface area contributed by atoms with Crippen LogP contribution >= 0.6 is 35.3 Å². The molecule has 0 saturated carbocycles. The molecular weight excluding hydrogens is 530 g/mol. The molecule has 0 unspecified atom stereocenters. The van der Waals surface area contributed by atoms with Gasteiger partial charge in [0.2, 0.25) is 0 Å². The van der Waals surface area contributed by atoms with E-state index in [4.69, 9.17) is 26.1 Å². The lowest BCUT2D eigenvalue weighted by molar-refractivity contribution is -0.134. The summed E-state index contributed by atoms with van der Waals surface area (Å²) in [7, 11) is 1.57. The van der Waals surface area contributed by atoms with Gasteiger partial charge in [0.15, 0.2) is 0 Å². The van der Waals surface area contributed by atoms with E-state index in [1.165, 1.54) is 16.7 Å². The van der Waals surface area contributed by atoms with E-state index in [-0.39, 0.29) is 24.6 Å². The van der Waals surface area contributed by atoms with Crippen LogP contribution in [0.25, 0.3) is 27.5 Å². The Morgan fingerprint density at radius 1 is 1.05 bits per heavy atom. The average Bonchev–Trinajstić information content (AvgIpc) is 3.41. The molecule has 1 aliphatic heterocycles. The number of amides is 1. The van der Waals surface area contributed by atoms with Crippen LogP contribution in [0, 0.1) is 0 Å². The van der Waals surface area contributed by atoms with E-state index in [9.17, 15) is 14.4 Å². The van der Waals surface area contributed by atoms with Crippen molar-refractivity contribution < 1.29 is 23.5 Å². The molecule has 0 aliphatic carbocycles. The van der Waals surface area contributed by atoms with Crippen molar-refractivity contribution in [3.05, 3.63) is 86.9 Å². The van der Waals surface area contributed by atoms with Crippen LogP contribution in [0.4, 0.5) is 0 Å². The Balaban J connectivity index is 1.34. The van der Waals surface area contributed by atoms with Gasteiger partial charge in [0.1, 0.15) is 21.4 Å². The van der Waals surface area contributed by atoms with Gasteiger partial charge in [-0.05, 0) is 41.5 Å². The van der Waals surface area contributed by atoms with E-state index in [0.717, 1.165) is 22.5 Å². The first-order valence-corrected chi connectivity index (χ1v) is 13.2. The number of esters is 1. The van der Waals surface area contributed by atoms with Gasteiger partial charge in [-0.3, -0.25) is 14.5 Å². The lowest BCUT2D eigenvalue weighted by Gasteiger charge is -2.15. The maximum absolute atomic E-state index is 12.9. The Labute approximate surface area is 225 Å². The molecule has 0 radical (unpaired) electrons. The molecule has 1 saturated heterocycles.